The lowest BCUT2D eigenvalue weighted by Crippen LogP contribution is -2.39. The Kier molecular flexibility index (Phi) is 5.77. The quantitative estimate of drug-likeness (QED) is 0.804. The molecular formula is C11H20N2O2S2. The number of nitrogens with zero attached hydrogens (tertiary/aromatic N) is 1. The standard InChI is InChI=1S/C11H20N2O2S2/c1-3-11(8-12)17(14,15)13-9-5-6-10(7-9)16-4-2/h9-11,13H,3-7H2,1-2H3. The van der Waals surface area contributed by atoms with Crippen molar-refractivity contribution in [3.63, 3.8) is 0 Å². The zero-order valence-corrected chi connectivity index (χ0v) is 12.0. The molecule has 1 aliphatic carbocycles. The van der Waals surface area contributed by atoms with Gasteiger partial charge in [-0.15, -0.1) is 0 Å². The van der Waals surface area contributed by atoms with Gasteiger partial charge in [-0.3, -0.25) is 0 Å². The van der Waals surface area contributed by atoms with Crippen LogP contribution in [0.1, 0.15) is 39.5 Å². The van der Waals surface area contributed by atoms with Crippen molar-refractivity contribution in [2.75, 3.05) is 5.75 Å². The van der Waals surface area contributed by atoms with E-state index in [-0.39, 0.29) is 6.04 Å². The number of hydrogen-bond acceptors (Lipinski definition) is 4. The molecule has 3 unspecified atom stereocenters. The van der Waals surface area contributed by atoms with Crippen molar-refractivity contribution in [1.29, 1.82) is 5.26 Å². The molecule has 1 rings (SSSR count). The molecule has 4 nitrogen and oxygen atoms in total. The third-order valence-electron chi connectivity index (χ3n) is 3.01. The Bertz CT molecular complexity index is 375. The van der Waals surface area contributed by atoms with Crippen LogP contribution >= 0.6 is 11.8 Å². The predicted octanol–water partition coefficient (Wildman–Crippen LogP) is 1.88. The summed E-state index contributed by atoms with van der Waals surface area (Å²) in [6.07, 6.45) is 3.18. The molecule has 0 aromatic carbocycles. The van der Waals surface area contributed by atoms with Crippen LogP contribution in [0.2, 0.25) is 0 Å². The molecule has 17 heavy (non-hydrogen) atoms. The van der Waals surface area contributed by atoms with Gasteiger partial charge in [0.05, 0.1) is 6.07 Å². The maximum Gasteiger partial charge on any atom is 0.228 e. The normalized spacial score (nSPS) is 26.6. The van der Waals surface area contributed by atoms with E-state index in [1.807, 2.05) is 17.8 Å². The fourth-order valence-corrected chi connectivity index (χ4v) is 4.69. The Morgan fingerprint density at radius 3 is 2.71 bits per heavy atom. The van der Waals surface area contributed by atoms with Crippen LogP contribution in [-0.4, -0.2) is 30.7 Å². The molecule has 0 aromatic heterocycles. The summed E-state index contributed by atoms with van der Waals surface area (Å²) in [6, 6.07) is 1.87. The summed E-state index contributed by atoms with van der Waals surface area (Å²) in [5.41, 5.74) is 0. The van der Waals surface area contributed by atoms with Gasteiger partial charge in [0.2, 0.25) is 10.0 Å². The maximum atomic E-state index is 11.9. The molecule has 1 aliphatic rings. The second kappa shape index (κ2) is 6.62. The maximum absolute atomic E-state index is 11.9. The molecule has 1 N–H and O–H groups in total. The van der Waals surface area contributed by atoms with Crippen LogP contribution in [0.4, 0.5) is 0 Å². The number of sulfonamides is 1. The van der Waals surface area contributed by atoms with Crippen molar-refractivity contribution in [2.24, 2.45) is 0 Å². The van der Waals surface area contributed by atoms with E-state index in [9.17, 15) is 8.42 Å². The summed E-state index contributed by atoms with van der Waals surface area (Å²) in [4.78, 5) is 0. The van der Waals surface area contributed by atoms with E-state index in [1.165, 1.54) is 0 Å². The van der Waals surface area contributed by atoms with Gasteiger partial charge in [0.1, 0.15) is 0 Å². The SMILES string of the molecule is CCSC1CCC(NS(=O)(=O)C(C#N)CC)C1. The Labute approximate surface area is 108 Å². The van der Waals surface area contributed by atoms with E-state index in [0.717, 1.165) is 25.0 Å². The van der Waals surface area contributed by atoms with E-state index in [0.29, 0.717) is 11.7 Å². The van der Waals surface area contributed by atoms with Gasteiger partial charge < -0.3 is 0 Å². The van der Waals surface area contributed by atoms with Crippen LogP contribution in [0.25, 0.3) is 0 Å². The van der Waals surface area contributed by atoms with E-state index >= 15 is 0 Å². The van der Waals surface area contributed by atoms with E-state index in [2.05, 4.69) is 11.6 Å². The minimum absolute atomic E-state index is 0.0199. The summed E-state index contributed by atoms with van der Waals surface area (Å²) in [5, 5.41) is 8.45. The number of nitriles is 1. The minimum Gasteiger partial charge on any atom is -0.211 e. The highest BCUT2D eigenvalue weighted by atomic mass is 32.2. The van der Waals surface area contributed by atoms with Crippen LogP contribution in [-0.2, 0) is 10.0 Å². The lowest BCUT2D eigenvalue weighted by Gasteiger charge is -2.15. The van der Waals surface area contributed by atoms with Crippen molar-refractivity contribution in [2.45, 2.75) is 56.1 Å². The molecule has 0 spiro atoms. The van der Waals surface area contributed by atoms with Crippen molar-refractivity contribution >= 4 is 21.8 Å². The van der Waals surface area contributed by atoms with Crippen molar-refractivity contribution in [1.82, 2.24) is 4.72 Å². The molecule has 0 bridgehead atoms. The first-order chi connectivity index (χ1) is 8.03. The molecule has 3 atom stereocenters. The second-order valence-corrected chi connectivity index (χ2v) is 7.75. The number of thioether (sulfide) groups is 1. The van der Waals surface area contributed by atoms with Crippen molar-refractivity contribution in [3.8, 4) is 6.07 Å². The highest BCUT2D eigenvalue weighted by Crippen LogP contribution is 2.30. The summed E-state index contributed by atoms with van der Waals surface area (Å²) in [7, 11) is -3.46. The van der Waals surface area contributed by atoms with Gasteiger partial charge >= 0.3 is 0 Å². The van der Waals surface area contributed by atoms with Crippen LogP contribution in [0.3, 0.4) is 0 Å². The molecule has 0 heterocycles. The minimum atomic E-state index is -3.46. The van der Waals surface area contributed by atoms with Gasteiger partial charge in [0.15, 0.2) is 5.25 Å². The fraction of sp³-hybridized carbons (Fsp3) is 0.909. The number of hydrogen-bond donors (Lipinski definition) is 1. The monoisotopic (exact) mass is 276 g/mol. The zero-order chi connectivity index (χ0) is 12.9. The molecular weight excluding hydrogens is 256 g/mol. The van der Waals surface area contributed by atoms with Gasteiger partial charge in [-0.2, -0.15) is 17.0 Å². The molecule has 1 fully saturated rings. The molecule has 0 radical (unpaired) electrons. The Balaban J connectivity index is 2.53. The van der Waals surface area contributed by atoms with Crippen LogP contribution in [0.15, 0.2) is 0 Å². The van der Waals surface area contributed by atoms with Crippen LogP contribution in [0.5, 0.6) is 0 Å². The third-order valence-corrected chi connectivity index (χ3v) is 6.09. The molecule has 0 saturated heterocycles. The van der Waals surface area contributed by atoms with Gasteiger partial charge in [-0.05, 0) is 31.4 Å². The molecule has 0 aliphatic heterocycles. The van der Waals surface area contributed by atoms with Crippen molar-refractivity contribution < 1.29 is 8.42 Å². The van der Waals surface area contributed by atoms with Gasteiger partial charge in [0, 0.05) is 11.3 Å². The lowest BCUT2D eigenvalue weighted by atomic mass is 10.3. The van der Waals surface area contributed by atoms with Gasteiger partial charge in [-0.25, -0.2) is 13.1 Å². The molecule has 0 amide bonds. The average molecular weight is 276 g/mol. The average Bonchev–Trinajstić information content (AvgIpc) is 2.66. The Hall–Kier alpha value is -0.250. The topological polar surface area (TPSA) is 70.0 Å². The van der Waals surface area contributed by atoms with Gasteiger partial charge in [-0.1, -0.05) is 13.8 Å². The Morgan fingerprint density at radius 2 is 2.18 bits per heavy atom. The third kappa shape index (κ3) is 4.16. The Morgan fingerprint density at radius 1 is 1.47 bits per heavy atom. The highest BCUT2D eigenvalue weighted by molar-refractivity contribution is 7.99. The summed E-state index contributed by atoms with van der Waals surface area (Å²) >= 11 is 1.89. The molecule has 6 heteroatoms. The molecule has 98 valence electrons. The molecule has 1 saturated carbocycles. The first kappa shape index (κ1) is 14.8. The van der Waals surface area contributed by atoms with E-state index in [4.69, 9.17) is 5.26 Å². The van der Waals surface area contributed by atoms with Gasteiger partial charge in [0.25, 0.3) is 0 Å². The first-order valence-corrected chi connectivity index (χ1v) is 8.65. The van der Waals surface area contributed by atoms with E-state index in [1.54, 1.807) is 6.92 Å². The number of nitrogens with one attached hydrogen (secondary N) is 1. The second-order valence-electron chi connectivity index (χ2n) is 4.28. The summed E-state index contributed by atoms with van der Waals surface area (Å²) in [5.74, 6) is 1.07. The highest BCUT2D eigenvalue weighted by Gasteiger charge is 2.31. The van der Waals surface area contributed by atoms with Crippen LogP contribution in [0, 0.1) is 11.3 Å². The van der Waals surface area contributed by atoms with Crippen molar-refractivity contribution in [3.05, 3.63) is 0 Å². The summed E-state index contributed by atoms with van der Waals surface area (Å²) in [6.45, 7) is 3.84. The largest absolute Gasteiger partial charge is 0.228 e. The summed E-state index contributed by atoms with van der Waals surface area (Å²) < 4.78 is 26.4. The van der Waals surface area contributed by atoms with Crippen LogP contribution < -0.4 is 4.72 Å². The number of rotatable bonds is 6. The predicted molar refractivity (Wildman–Crippen MR) is 71.3 cm³/mol. The first-order valence-electron chi connectivity index (χ1n) is 6.05. The lowest BCUT2D eigenvalue weighted by molar-refractivity contribution is 0.545. The smallest absolute Gasteiger partial charge is 0.211 e. The van der Waals surface area contributed by atoms with E-state index < -0.39 is 15.3 Å². The molecule has 0 aromatic rings. The fourth-order valence-electron chi connectivity index (χ4n) is 2.13. The zero-order valence-electron chi connectivity index (χ0n) is 10.3.